The van der Waals surface area contributed by atoms with E-state index in [1.54, 1.807) is 0 Å². The summed E-state index contributed by atoms with van der Waals surface area (Å²) >= 11 is 0. The van der Waals surface area contributed by atoms with Crippen LogP contribution < -0.4 is 5.32 Å². The lowest BCUT2D eigenvalue weighted by atomic mass is 9.64. The van der Waals surface area contributed by atoms with E-state index in [1.165, 1.54) is 19.3 Å². The molecule has 2 atom stereocenters. The van der Waals surface area contributed by atoms with Crippen molar-refractivity contribution >= 4 is 17.9 Å². The second-order valence-corrected chi connectivity index (χ2v) is 9.45. The average Bonchev–Trinajstić information content (AvgIpc) is 2.75. The highest BCUT2D eigenvalue weighted by Gasteiger charge is 2.56. The summed E-state index contributed by atoms with van der Waals surface area (Å²) in [4.78, 5) is 38.7. The van der Waals surface area contributed by atoms with Crippen LogP contribution in [0.15, 0.2) is 0 Å². The maximum Gasteiger partial charge on any atom is 0.326 e. The van der Waals surface area contributed by atoms with E-state index in [1.807, 2.05) is 0 Å². The number of imide groups is 1. The summed E-state index contributed by atoms with van der Waals surface area (Å²) in [5, 5.41) is 2.90. The Morgan fingerprint density at radius 3 is 2.54 bits per heavy atom. The number of amides is 3. The van der Waals surface area contributed by atoms with Crippen molar-refractivity contribution in [1.29, 1.82) is 0 Å². The largest absolute Gasteiger partial charge is 0.464 e. The van der Waals surface area contributed by atoms with Crippen LogP contribution in [0.5, 0.6) is 0 Å². The van der Waals surface area contributed by atoms with E-state index < -0.39 is 17.5 Å². The lowest BCUT2D eigenvalue weighted by molar-refractivity contribution is -0.149. The number of carbonyl (C=O) groups is 3. The maximum atomic E-state index is 13.0. The fraction of sp³-hybridized carbons (Fsp3) is 0.850. The third-order valence-corrected chi connectivity index (χ3v) is 6.12. The van der Waals surface area contributed by atoms with Gasteiger partial charge in [0.15, 0.2) is 0 Å². The molecule has 2 saturated carbocycles. The Morgan fingerprint density at radius 1 is 1.19 bits per heavy atom. The van der Waals surface area contributed by atoms with Crippen molar-refractivity contribution in [3.8, 4) is 0 Å². The molecule has 1 heterocycles. The fourth-order valence-electron chi connectivity index (χ4n) is 5.39. The van der Waals surface area contributed by atoms with E-state index in [2.05, 4.69) is 26.1 Å². The molecule has 1 saturated heterocycles. The Morgan fingerprint density at radius 2 is 1.88 bits per heavy atom. The van der Waals surface area contributed by atoms with Crippen molar-refractivity contribution in [2.45, 2.75) is 77.7 Å². The van der Waals surface area contributed by atoms with Crippen LogP contribution in [-0.4, -0.2) is 41.5 Å². The molecule has 26 heavy (non-hydrogen) atoms. The molecule has 3 fully saturated rings. The minimum absolute atomic E-state index is 0.0158. The Hall–Kier alpha value is -1.59. The monoisotopic (exact) mass is 364 g/mol. The first-order valence-corrected chi connectivity index (χ1v) is 10.0. The summed E-state index contributed by atoms with van der Waals surface area (Å²) in [6.07, 6.45) is 8.08. The smallest absolute Gasteiger partial charge is 0.326 e. The molecule has 6 nitrogen and oxygen atoms in total. The predicted molar refractivity (Wildman–Crippen MR) is 97.3 cm³/mol. The molecule has 6 heteroatoms. The SMILES string of the molecule is C[C@H]1CC(C)(C)C[C@@]2(C1)NC(=O)N(CC(=O)OCC1CCCCC1)C2=O. The van der Waals surface area contributed by atoms with E-state index in [9.17, 15) is 14.4 Å². The molecule has 0 bridgehead atoms. The maximum absolute atomic E-state index is 13.0. The van der Waals surface area contributed by atoms with Gasteiger partial charge in [0.25, 0.3) is 5.91 Å². The van der Waals surface area contributed by atoms with E-state index in [0.29, 0.717) is 31.3 Å². The molecular formula is C20H32N2O4. The fourth-order valence-corrected chi connectivity index (χ4v) is 5.39. The van der Waals surface area contributed by atoms with Crippen LogP contribution in [0.1, 0.15) is 72.1 Å². The van der Waals surface area contributed by atoms with Crippen molar-refractivity contribution in [2.75, 3.05) is 13.2 Å². The molecule has 146 valence electrons. The van der Waals surface area contributed by atoms with Gasteiger partial charge in [0.2, 0.25) is 0 Å². The molecule has 3 amide bonds. The highest BCUT2D eigenvalue weighted by molar-refractivity contribution is 6.08. The number of urea groups is 1. The molecule has 2 aliphatic carbocycles. The highest BCUT2D eigenvalue weighted by Crippen LogP contribution is 2.46. The molecule has 0 radical (unpaired) electrons. The van der Waals surface area contributed by atoms with Crippen LogP contribution in [0.2, 0.25) is 0 Å². The number of esters is 1. The van der Waals surface area contributed by atoms with Crippen LogP contribution in [-0.2, 0) is 14.3 Å². The van der Waals surface area contributed by atoms with Gasteiger partial charge >= 0.3 is 12.0 Å². The summed E-state index contributed by atoms with van der Waals surface area (Å²) in [5.41, 5.74) is -0.875. The number of nitrogens with zero attached hydrogens (tertiary/aromatic N) is 1. The minimum Gasteiger partial charge on any atom is -0.464 e. The third-order valence-electron chi connectivity index (χ3n) is 6.12. The molecule has 3 rings (SSSR count). The van der Waals surface area contributed by atoms with Gasteiger partial charge in [-0.1, -0.05) is 40.0 Å². The number of carbonyl (C=O) groups excluding carboxylic acids is 3. The third kappa shape index (κ3) is 4.04. The molecule has 0 unspecified atom stereocenters. The first-order valence-electron chi connectivity index (χ1n) is 10.0. The van der Waals surface area contributed by atoms with Gasteiger partial charge in [-0.15, -0.1) is 0 Å². The zero-order valence-corrected chi connectivity index (χ0v) is 16.3. The van der Waals surface area contributed by atoms with Crippen molar-refractivity contribution in [3.63, 3.8) is 0 Å². The Labute approximate surface area is 156 Å². The van der Waals surface area contributed by atoms with Crippen molar-refractivity contribution in [2.24, 2.45) is 17.3 Å². The van der Waals surface area contributed by atoms with Gasteiger partial charge in [-0.2, -0.15) is 0 Å². The molecule has 0 aromatic rings. The van der Waals surface area contributed by atoms with Crippen LogP contribution >= 0.6 is 0 Å². The van der Waals surface area contributed by atoms with E-state index in [0.717, 1.165) is 24.2 Å². The van der Waals surface area contributed by atoms with Crippen LogP contribution in [0.4, 0.5) is 4.79 Å². The number of hydrogen-bond donors (Lipinski definition) is 1. The predicted octanol–water partition coefficient (Wildman–Crippen LogP) is 3.25. The molecule has 3 aliphatic rings. The van der Waals surface area contributed by atoms with Gasteiger partial charge in [0.05, 0.1) is 6.61 Å². The van der Waals surface area contributed by atoms with Crippen LogP contribution in [0.3, 0.4) is 0 Å². The molecule has 1 N–H and O–H groups in total. The van der Waals surface area contributed by atoms with Gasteiger partial charge in [0.1, 0.15) is 12.1 Å². The summed E-state index contributed by atoms with van der Waals surface area (Å²) in [6, 6.07) is -0.463. The molecule has 0 aromatic heterocycles. The van der Waals surface area contributed by atoms with Gasteiger partial charge in [-0.3, -0.25) is 14.5 Å². The summed E-state index contributed by atoms with van der Waals surface area (Å²) in [7, 11) is 0. The number of nitrogens with one attached hydrogen (secondary N) is 1. The van der Waals surface area contributed by atoms with E-state index >= 15 is 0 Å². The average molecular weight is 364 g/mol. The van der Waals surface area contributed by atoms with E-state index in [-0.39, 0.29) is 17.9 Å². The Balaban J connectivity index is 1.59. The Kier molecular flexibility index (Phi) is 5.31. The van der Waals surface area contributed by atoms with Gasteiger partial charge in [-0.05, 0) is 49.4 Å². The van der Waals surface area contributed by atoms with Crippen molar-refractivity contribution < 1.29 is 19.1 Å². The normalized spacial score (nSPS) is 32.0. The number of ether oxygens (including phenoxy) is 1. The first kappa shape index (κ1) is 19.2. The lowest BCUT2D eigenvalue weighted by Crippen LogP contribution is -2.54. The van der Waals surface area contributed by atoms with Gasteiger partial charge < -0.3 is 10.1 Å². The number of hydrogen-bond acceptors (Lipinski definition) is 4. The zero-order chi connectivity index (χ0) is 18.9. The first-order chi connectivity index (χ1) is 12.2. The van der Waals surface area contributed by atoms with Gasteiger partial charge in [-0.25, -0.2) is 4.79 Å². The summed E-state index contributed by atoms with van der Waals surface area (Å²) in [5.74, 6) is 0.0133. The lowest BCUT2D eigenvalue weighted by Gasteiger charge is -2.43. The molecule has 0 aromatic carbocycles. The van der Waals surface area contributed by atoms with Crippen molar-refractivity contribution in [3.05, 3.63) is 0 Å². The summed E-state index contributed by atoms with van der Waals surface area (Å²) in [6.45, 7) is 6.49. The number of rotatable bonds is 4. The Bertz CT molecular complexity index is 582. The topological polar surface area (TPSA) is 75.7 Å². The van der Waals surface area contributed by atoms with E-state index in [4.69, 9.17) is 4.74 Å². The van der Waals surface area contributed by atoms with Crippen molar-refractivity contribution in [1.82, 2.24) is 10.2 Å². The highest BCUT2D eigenvalue weighted by atomic mass is 16.5. The molecule has 1 spiro atoms. The minimum atomic E-state index is -0.859. The quantitative estimate of drug-likeness (QED) is 0.614. The van der Waals surface area contributed by atoms with Crippen LogP contribution in [0.25, 0.3) is 0 Å². The van der Waals surface area contributed by atoms with Crippen LogP contribution in [0, 0.1) is 17.3 Å². The second kappa shape index (κ2) is 7.20. The summed E-state index contributed by atoms with van der Waals surface area (Å²) < 4.78 is 5.37. The standard InChI is InChI=1S/C20H32N2O4/c1-14-9-19(2,3)13-20(10-14)17(24)22(18(25)21-20)11-16(23)26-12-15-7-5-4-6-8-15/h14-15H,4-13H2,1-3H3,(H,21,25)/t14-,20+/m0/s1. The molecule has 1 aliphatic heterocycles. The second-order valence-electron chi connectivity index (χ2n) is 9.45. The zero-order valence-electron chi connectivity index (χ0n) is 16.3. The molecular weight excluding hydrogens is 332 g/mol. The van der Waals surface area contributed by atoms with Gasteiger partial charge in [0, 0.05) is 0 Å².